The molecule has 0 aromatic carbocycles. The summed E-state index contributed by atoms with van der Waals surface area (Å²) in [5, 5.41) is 12.0. The fraction of sp³-hybridized carbons (Fsp3) is 0.263. The summed E-state index contributed by atoms with van der Waals surface area (Å²) >= 11 is 0. The number of methoxy groups -OCH3 is 1. The third-order valence-electron chi connectivity index (χ3n) is 4.00. The number of carbonyl (C=O) groups excluding carboxylic acids is 1. The van der Waals surface area contributed by atoms with E-state index in [1.807, 2.05) is 23.6 Å². The van der Waals surface area contributed by atoms with Crippen molar-refractivity contribution >= 4 is 16.9 Å². The number of nitriles is 1. The molecule has 0 atom stereocenters. The van der Waals surface area contributed by atoms with Gasteiger partial charge in [-0.05, 0) is 24.6 Å². The van der Waals surface area contributed by atoms with E-state index in [0.717, 1.165) is 17.5 Å². The Morgan fingerprint density at radius 3 is 3.00 bits per heavy atom. The zero-order valence-electron chi connectivity index (χ0n) is 14.7. The van der Waals surface area contributed by atoms with E-state index >= 15 is 0 Å². The maximum absolute atomic E-state index is 12.5. The molecule has 26 heavy (non-hydrogen) atoms. The van der Waals surface area contributed by atoms with E-state index in [-0.39, 0.29) is 5.91 Å². The second-order valence-electron chi connectivity index (χ2n) is 5.80. The lowest BCUT2D eigenvalue weighted by Crippen LogP contribution is -2.23. The molecular formula is C19H19N5O2. The molecule has 7 heteroatoms. The SMILES string of the molecule is CCCNC(=O)c1cn(Cc2cc(C#N)cnc2OC)c2cccnc12. The standard InChI is InChI=1S/C19H19N5O2/c1-3-6-22-18(25)15-12-24(16-5-4-7-21-17(15)16)11-14-8-13(9-20)10-23-19(14)26-2/h4-5,7-8,10,12H,3,6,11H2,1-2H3,(H,22,25). The van der Waals surface area contributed by atoms with Crippen molar-refractivity contribution in [2.24, 2.45) is 0 Å². The molecule has 3 aromatic rings. The molecule has 1 amide bonds. The minimum atomic E-state index is -0.148. The summed E-state index contributed by atoms with van der Waals surface area (Å²) in [7, 11) is 1.54. The van der Waals surface area contributed by atoms with Crippen molar-refractivity contribution in [3.05, 3.63) is 53.5 Å². The van der Waals surface area contributed by atoms with Crippen LogP contribution in [0.2, 0.25) is 0 Å². The van der Waals surface area contributed by atoms with Crippen molar-refractivity contribution in [3.63, 3.8) is 0 Å². The van der Waals surface area contributed by atoms with Crippen LogP contribution >= 0.6 is 0 Å². The Labute approximate surface area is 151 Å². The Kier molecular flexibility index (Phi) is 5.13. The molecule has 0 saturated heterocycles. The molecule has 0 aliphatic heterocycles. The number of pyridine rings is 2. The smallest absolute Gasteiger partial charge is 0.255 e. The van der Waals surface area contributed by atoms with Crippen molar-refractivity contribution in [1.29, 1.82) is 5.26 Å². The number of hydrogen-bond acceptors (Lipinski definition) is 5. The highest BCUT2D eigenvalue weighted by Gasteiger charge is 2.17. The predicted octanol–water partition coefficient (Wildman–Crippen LogP) is 2.50. The Balaban J connectivity index is 2.04. The third-order valence-corrected chi connectivity index (χ3v) is 4.00. The van der Waals surface area contributed by atoms with Gasteiger partial charge in [-0.3, -0.25) is 9.78 Å². The first kappa shape index (κ1) is 17.4. The molecule has 0 radical (unpaired) electrons. The molecule has 132 valence electrons. The lowest BCUT2D eigenvalue weighted by atomic mass is 10.2. The van der Waals surface area contributed by atoms with Gasteiger partial charge in [-0.15, -0.1) is 0 Å². The van der Waals surface area contributed by atoms with Crippen LogP contribution in [0.1, 0.15) is 34.8 Å². The van der Waals surface area contributed by atoms with Crippen molar-refractivity contribution in [2.75, 3.05) is 13.7 Å². The van der Waals surface area contributed by atoms with E-state index in [0.29, 0.717) is 35.6 Å². The summed E-state index contributed by atoms with van der Waals surface area (Å²) in [4.78, 5) is 21.0. The van der Waals surface area contributed by atoms with Crippen LogP contribution in [-0.2, 0) is 6.54 Å². The normalized spacial score (nSPS) is 10.5. The summed E-state index contributed by atoms with van der Waals surface area (Å²) < 4.78 is 7.23. The minimum Gasteiger partial charge on any atom is -0.481 e. The highest BCUT2D eigenvalue weighted by molar-refractivity contribution is 6.05. The van der Waals surface area contributed by atoms with Crippen molar-refractivity contribution in [2.45, 2.75) is 19.9 Å². The fourth-order valence-electron chi connectivity index (χ4n) is 2.79. The Morgan fingerprint density at radius 1 is 1.42 bits per heavy atom. The summed E-state index contributed by atoms with van der Waals surface area (Å²) in [5.41, 5.74) is 3.21. The van der Waals surface area contributed by atoms with Crippen molar-refractivity contribution < 1.29 is 9.53 Å². The van der Waals surface area contributed by atoms with Crippen LogP contribution in [-0.4, -0.2) is 34.1 Å². The van der Waals surface area contributed by atoms with E-state index in [2.05, 4.69) is 21.4 Å². The first-order chi connectivity index (χ1) is 12.7. The zero-order valence-corrected chi connectivity index (χ0v) is 14.7. The number of carbonyl (C=O) groups is 1. The number of amides is 1. The van der Waals surface area contributed by atoms with Crippen LogP contribution in [0.5, 0.6) is 5.88 Å². The molecule has 0 saturated carbocycles. The van der Waals surface area contributed by atoms with E-state index in [1.165, 1.54) is 13.3 Å². The van der Waals surface area contributed by atoms with Gasteiger partial charge in [0.15, 0.2) is 0 Å². The molecule has 0 unspecified atom stereocenters. The van der Waals surface area contributed by atoms with Crippen LogP contribution in [0, 0.1) is 11.3 Å². The highest BCUT2D eigenvalue weighted by atomic mass is 16.5. The van der Waals surface area contributed by atoms with E-state index in [1.54, 1.807) is 18.5 Å². The minimum absolute atomic E-state index is 0.148. The molecule has 0 spiro atoms. The average Bonchev–Trinajstić information content (AvgIpc) is 3.04. The van der Waals surface area contributed by atoms with Gasteiger partial charge in [0.25, 0.3) is 5.91 Å². The number of ether oxygens (including phenoxy) is 1. The largest absolute Gasteiger partial charge is 0.481 e. The summed E-state index contributed by atoms with van der Waals surface area (Å²) in [5.74, 6) is 0.303. The first-order valence-electron chi connectivity index (χ1n) is 8.33. The number of rotatable bonds is 6. The Morgan fingerprint density at radius 2 is 2.27 bits per heavy atom. The van der Waals surface area contributed by atoms with Gasteiger partial charge in [0.1, 0.15) is 11.6 Å². The fourth-order valence-corrected chi connectivity index (χ4v) is 2.79. The lowest BCUT2D eigenvalue weighted by Gasteiger charge is -2.09. The molecule has 1 N–H and O–H groups in total. The lowest BCUT2D eigenvalue weighted by molar-refractivity contribution is 0.0955. The summed E-state index contributed by atoms with van der Waals surface area (Å²) in [6.45, 7) is 3.03. The van der Waals surface area contributed by atoms with Gasteiger partial charge in [-0.2, -0.15) is 5.26 Å². The zero-order chi connectivity index (χ0) is 18.5. The highest BCUT2D eigenvalue weighted by Crippen LogP contribution is 2.23. The maximum Gasteiger partial charge on any atom is 0.255 e. The number of aromatic nitrogens is 3. The van der Waals surface area contributed by atoms with Crippen LogP contribution in [0.15, 0.2) is 36.8 Å². The van der Waals surface area contributed by atoms with Gasteiger partial charge in [0, 0.05) is 30.7 Å². The van der Waals surface area contributed by atoms with Gasteiger partial charge in [-0.1, -0.05) is 6.92 Å². The summed E-state index contributed by atoms with van der Waals surface area (Å²) in [6, 6.07) is 7.56. The Hall–Kier alpha value is -3.40. The number of fused-ring (bicyclic) bond motifs is 1. The van der Waals surface area contributed by atoms with E-state index < -0.39 is 0 Å². The van der Waals surface area contributed by atoms with Crippen LogP contribution in [0.3, 0.4) is 0 Å². The maximum atomic E-state index is 12.5. The van der Waals surface area contributed by atoms with Crippen LogP contribution in [0.4, 0.5) is 0 Å². The molecular weight excluding hydrogens is 330 g/mol. The molecule has 7 nitrogen and oxygen atoms in total. The monoisotopic (exact) mass is 349 g/mol. The molecule has 0 fully saturated rings. The van der Waals surface area contributed by atoms with Crippen molar-refractivity contribution in [3.8, 4) is 11.9 Å². The molecule has 0 bridgehead atoms. The number of nitrogens with one attached hydrogen (secondary N) is 1. The van der Waals surface area contributed by atoms with Gasteiger partial charge >= 0.3 is 0 Å². The average molecular weight is 349 g/mol. The number of nitrogens with zero attached hydrogens (tertiary/aromatic N) is 4. The summed E-state index contributed by atoms with van der Waals surface area (Å²) in [6.07, 6.45) is 5.78. The van der Waals surface area contributed by atoms with Gasteiger partial charge in [0.05, 0.1) is 30.3 Å². The van der Waals surface area contributed by atoms with Crippen LogP contribution in [0.25, 0.3) is 11.0 Å². The topological polar surface area (TPSA) is 92.8 Å². The predicted molar refractivity (Wildman–Crippen MR) is 97.0 cm³/mol. The van der Waals surface area contributed by atoms with E-state index in [4.69, 9.17) is 10.00 Å². The van der Waals surface area contributed by atoms with Gasteiger partial charge < -0.3 is 14.6 Å². The molecule has 3 aromatic heterocycles. The molecule has 3 heterocycles. The first-order valence-corrected chi connectivity index (χ1v) is 8.33. The van der Waals surface area contributed by atoms with Gasteiger partial charge in [-0.25, -0.2) is 4.98 Å². The third kappa shape index (κ3) is 3.35. The quantitative estimate of drug-likeness (QED) is 0.738. The number of hydrogen-bond donors (Lipinski definition) is 1. The Bertz CT molecular complexity index is 987. The molecule has 0 aliphatic rings. The van der Waals surface area contributed by atoms with Crippen molar-refractivity contribution in [1.82, 2.24) is 19.9 Å². The second-order valence-corrected chi connectivity index (χ2v) is 5.80. The van der Waals surface area contributed by atoms with E-state index in [9.17, 15) is 4.79 Å². The van der Waals surface area contributed by atoms with Crippen LogP contribution < -0.4 is 10.1 Å². The van der Waals surface area contributed by atoms with Gasteiger partial charge in [0.2, 0.25) is 5.88 Å². The molecule has 0 aliphatic carbocycles. The second kappa shape index (κ2) is 7.66. The molecule has 3 rings (SSSR count).